The molecule has 0 atom stereocenters. The van der Waals surface area contributed by atoms with Crippen LogP contribution in [0.25, 0.3) is 19.5 Å². The van der Waals surface area contributed by atoms with Crippen LogP contribution in [0.3, 0.4) is 0 Å². The minimum atomic E-state index is -3.84. The molecule has 0 aliphatic rings. The van der Waals surface area contributed by atoms with Crippen molar-refractivity contribution in [2.75, 3.05) is 6.16 Å². The Kier molecular flexibility index (Phi) is 5.52. The lowest BCUT2D eigenvalue weighted by Gasteiger charge is -2.02. The second-order valence-corrected chi connectivity index (χ2v) is 10.2. The average molecular weight is 384 g/mol. The van der Waals surface area contributed by atoms with Crippen LogP contribution in [-0.2, 0) is 11.0 Å². The summed E-state index contributed by atoms with van der Waals surface area (Å²) in [5.41, 5.74) is 0. The van der Waals surface area contributed by atoms with Gasteiger partial charge >= 0.3 is 7.60 Å². The molecule has 3 rings (SSSR count). The van der Waals surface area contributed by atoms with E-state index in [1.54, 1.807) is 34.0 Å². The predicted octanol–water partition coefficient (Wildman–Crippen LogP) is 5.71. The van der Waals surface area contributed by atoms with Gasteiger partial charge in [0.1, 0.15) is 0 Å². The van der Waals surface area contributed by atoms with Gasteiger partial charge in [0.05, 0.1) is 0 Å². The largest absolute Gasteiger partial charge is 0.325 e. The van der Waals surface area contributed by atoms with Crippen molar-refractivity contribution in [3.05, 3.63) is 46.7 Å². The summed E-state index contributed by atoms with van der Waals surface area (Å²) >= 11 is 5.34. The lowest BCUT2D eigenvalue weighted by atomic mass is 10.2. The Balaban J connectivity index is 1.60. The third kappa shape index (κ3) is 4.86. The molecule has 0 aromatic carbocycles. The average Bonchev–Trinajstić information content (AvgIpc) is 3.20. The van der Waals surface area contributed by atoms with Crippen LogP contribution in [0.1, 0.15) is 17.7 Å². The standard InChI is InChI=1S/C16H17O3PS3/c17-20(18,19)10-2-1-4-12-6-7-15(22-12)16-9-8-14(23-16)13-5-3-11-21-13/h3,5-9,11H,1-2,4,10H2,(H2,17,18,19). The topological polar surface area (TPSA) is 57.5 Å². The number of hydrogen-bond donors (Lipinski definition) is 2. The molecule has 0 unspecified atom stereocenters. The van der Waals surface area contributed by atoms with Gasteiger partial charge in [0.15, 0.2) is 0 Å². The molecule has 0 fully saturated rings. The minimum absolute atomic E-state index is 0.0136. The van der Waals surface area contributed by atoms with E-state index in [4.69, 9.17) is 9.79 Å². The summed E-state index contributed by atoms with van der Waals surface area (Å²) in [6, 6.07) is 12.8. The highest BCUT2D eigenvalue weighted by molar-refractivity contribution is 7.51. The van der Waals surface area contributed by atoms with Crippen LogP contribution >= 0.6 is 41.6 Å². The molecule has 0 bridgehead atoms. The van der Waals surface area contributed by atoms with Crippen molar-refractivity contribution in [1.29, 1.82) is 0 Å². The lowest BCUT2D eigenvalue weighted by molar-refractivity contribution is 0.371. The first-order chi connectivity index (χ1) is 11.0. The van der Waals surface area contributed by atoms with E-state index in [0.29, 0.717) is 6.42 Å². The number of hydrogen-bond acceptors (Lipinski definition) is 4. The summed E-state index contributed by atoms with van der Waals surface area (Å²) in [6.07, 6.45) is 2.25. The molecule has 23 heavy (non-hydrogen) atoms. The van der Waals surface area contributed by atoms with Crippen molar-refractivity contribution in [2.45, 2.75) is 19.3 Å². The molecule has 0 radical (unpaired) electrons. The molecule has 0 saturated heterocycles. The van der Waals surface area contributed by atoms with Gasteiger partial charge in [0.2, 0.25) is 0 Å². The van der Waals surface area contributed by atoms with Gasteiger partial charge in [0, 0.05) is 30.5 Å². The number of thiophene rings is 3. The van der Waals surface area contributed by atoms with Gasteiger partial charge in [-0.2, -0.15) is 0 Å². The van der Waals surface area contributed by atoms with E-state index >= 15 is 0 Å². The first kappa shape index (κ1) is 17.1. The van der Waals surface area contributed by atoms with E-state index in [2.05, 4.69) is 41.8 Å². The fourth-order valence-electron chi connectivity index (χ4n) is 2.28. The van der Waals surface area contributed by atoms with Crippen molar-refractivity contribution in [3.8, 4) is 19.5 Å². The van der Waals surface area contributed by atoms with E-state index in [-0.39, 0.29) is 6.16 Å². The first-order valence-corrected chi connectivity index (χ1v) is 11.6. The smallest absolute Gasteiger partial charge is 0.324 e. The van der Waals surface area contributed by atoms with Gasteiger partial charge in [-0.15, -0.1) is 34.0 Å². The molecule has 2 N–H and O–H groups in total. The summed E-state index contributed by atoms with van der Waals surface area (Å²) in [7, 11) is -3.84. The summed E-state index contributed by atoms with van der Waals surface area (Å²) in [6.45, 7) is 0. The van der Waals surface area contributed by atoms with Crippen LogP contribution in [0.4, 0.5) is 0 Å². The van der Waals surface area contributed by atoms with E-state index in [1.165, 1.54) is 24.4 Å². The van der Waals surface area contributed by atoms with Crippen LogP contribution < -0.4 is 0 Å². The zero-order chi connectivity index (χ0) is 16.3. The maximum Gasteiger partial charge on any atom is 0.325 e. The predicted molar refractivity (Wildman–Crippen MR) is 101 cm³/mol. The third-order valence-corrected chi connectivity index (χ3v) is 7.79. The molecule has 0 aliphatic heterocycles. The van der Waals surface area contributed by atoms with Gasteiger partial charge in [0.25, 0.3) is 0 Å². The van der Waals surface area contributed by atoms with Crippen molar-refractivity contribution >= 4 is 41.6 Å². The van der Waals surface area contributed by atoms with Crippen LogP contribution in [0.15, 0.2) is 41.8 Å². The summed E-state index contributed by atoms with van der Waals surface area (Å²) in [5, 5.41) is 2.09. The first-order valence-electron chi connectivity index (χ1n) is 7.29. The second kappa shape index (κ2) is 7.43. The van der Waals surface area contributed by atoms with Crippen molar-refractivity contribution < 1.29 is 14.4 Å². The zero-order valence-corrected chi connectivity index (χ0v) is 15.7. The van der Waals surface area contributed by atoms with Crippen LogP contribution in [0.2, 0.25) is 0 Å². The van der Waals surface area contributed by atoms with Crippen LogP contribution in [0, 0.1) is 0 Å². The van der Waals surface area contributed by atoms with Gasteiger partial charge in [-0.25, -0.2) is 0 Å². The molecule has 3 heterocycles. The summed E-state index contributed by atoms with van der Waals surface area (Å²) < 4.78 is 10.8. The molecule has 0 saturated carbocycles. The fraction of sp³-hybridized carbons (Fsp3) is 0.250. The van der Waals surface area contributed by atoms with E-state index in [0.717, 1.165) is 12.8 Å². The molecule has 3 aromatic heterocycles. The highest BCUT2D eigenvalue weighted by Crippen LogP contribution is 2.39. The molecular formula is C16H17O3PS3. The monoisotopic (exact) mass is 384 g/mol. The van der Waals surface area contributed by atoms with Crippen LogP contribution in [-0.4, -0.2) is 15.9 Å². The highest BCUT2D eigenvalue weighted by atomic mass is 32.1. The Morgan fingerprint density at radius 2 is 1.57 bits per heavy atom. The number of rotatable bonds is 7. The minimum Gasteiger partial charge on any atom is -0.324 e. The van der Waals surface area contributed by atoms with Gasteiger partial charge in [-0.3, -0.25) is 4.57 Å². The Bertz CT molecular complexity index is 798. The Labute approximate surface area is 147 Å². The van der Waals surface area contributed by atoms with Crippen molar-refractivity contribution in [3.63, 3.8) is 0 Å². The molecule has 3 aromatic rings. The maximum atomic E-state index is 10.8. The van der Waals surface area contributed by atoms with Gasteiger partial charge in [-0.05, 0) is 55.0 Å². The Hall–Kier alpha value is -0.750. The molecule has 3 nitrogen and oxygen atoms in total. The molecular weight excluding hydrogens is 367 g/mol. The molecule has 7 heteroatoms. The zero-order valence-electron chi connectivity index (χ0n) is 12.3. The molecule has 0 aliphatic carbocycles. The normalized spacial score (nSPS) is 11.9. The molecule has 0 spiro atoms. The molecule has 0 amide bonds. The SMILES string of the molecule is O=P(O)(O)CCCCc1ccc(-c2ccc(-c3cccs3)s2)s1. The third-order valence-electron chi connectivity index (χ3n) is 3.40. The number of aryl methyl sites for hydroxylation is 1. The second-order valence-electron chi connectivity index (χ2n) is 5.25. The maximum absolute atomic E-state index is 10.8. The summed E-state index contributed by atoms with van der Waals surface area (Å²) in [4.78, 5) is 24.1. The van der Waals surface area contributed by atoms with Crippen molar-refractivity contribution in [2.24, 2.45) is 0 Å². The molecule has 122 valence electrons. The fourth-order valence-corrected chi connectivity index (χ4v) is 5.90. The summed E-state index contributed by atoms with van der Waals surface area (Å²) in [5.74, 6) is 0. The van der Waals surface area contributed by atoms with E-state index in [9.17, 15) is 4.57 Å². The van der Waals surface area contributed by atoms with Gasteiger partial charge in [-0.1, -0.05) is 6.07 Å². The van der Waals surface area contributed by atoms with Gasteiger partial charge < -0.3 is 9.79 Å². The van der Waals surface area contributed by atoms with Crippen molar-refractivity contribution in [1.82, 2.24) is 0 Å². The van der Waals surface area contributed by atoms with E-state index < -0.39 is 7.60 Å². The quantitative estimate of drug-likeness (QED) is 0.405. The number of unbranched alkanes of at least 4 members (excludes halogenated alkanes) is 1. The Morgan fingerprint density at radius 3 is 2.26 bits per heavy atom. The highest BCUT2D eigenvalue weighted by Gasteiger charge is 2.12. The lowest BCUT2D eigenvalue weighted by Crippen LogP contribution is -1.89. The van der Waals surface area contributed by atoms with Crippen LogP contribution in [0.5, 0.6) is 0 Å². The Morgan fingerprint density at radius 1 is 0.870 bits per heavy atom. The van der Waals surface area contributed by atoms with E-state index in [1.807, 2.05) is 0 Å².